The lowest BCUT2D eigenvalue weighted by Gasteiger charge is -2.12. The van der Waals surface area contributed by atoms with Crippen LogP contribution in [0.25, 0.3) is 27.8 Å². The van der Waals surface area contributed by atoms with Crippen LogP contribution >= 0.6 is 0 Å². The van der Waals surface area contributed by atoms with Crippen LogP contribution in [0.3, 0.4) is 0 Å². The van der Waals surface area contributed by atoms with E-state index < -0.39 is 0 Å². The van der Waals surface area contributed by atoms with E-state index >= 15 is 0 Å². The molecule has 0 saturated heterocycles. The van der Waals surface area contributed by atoms with Gasteiger partial charge >= 0.3 is 0 Å². The standard InChI is InChI=1S/C30H28N4O2/c1-4-21-13-15-23(16-14-21)34-20(2)26(19-32-34)28-17-25(24-10-6-7-11-27(24)33-28)30(35)31-18-22-9-5-8-12-29(22)36-3/h5-17,19H,4,18H2,1-3H3,(H,31,35). The van der Waals surface area contributed by atoms with Crippen molar-refractivity contribution in [1.82, 2.24) is 20.1 Å². The number of nitrogens with zero attached hydrogens (tertiary/aromatic N) is 3. The van der Waals surface area contributed by atoms with E-state index in [4.69, 9.17) is 9.72 Å². The van der Waals surface area contributed by atoms with Crippen LogP contribution in [-0.4, -0.2) is 27.8 Å². The summed E-state index contributed by atoms with van der Waals surface area (Å²) in [4.78, 5) is 18.3. The Morgan fingerprint density at radius 1 is 1.00 bits per heavy atom. The number of amides is 1. The van der Waals surface area contributed by atoms with Crippen molar-refractivity contribution in [2.45, 2.75) is 26.8 Å². The van der Waals surface area contributed by atoms with Crippen LogP contribution < -0.4 is 10.1 Å². The second-order valence-corrected chi connectivity index (χ2v) is 8.64. The number of ether oxygens (including phenoxy) is 1. The number of pyridine rings is 1. The number of hydrogen-bond donors (Lipinski definition) is 1. The zero-order valence-electron chi connectivity index (χ0n) is 20.7. The summed E-state index contributed by atoms with van der Waals surface area (Å²) in [5.41, 5.74) is 7.09. The average Bonchev–Trinajstić information content (AvgIpc) is 3.32. The van der Waals surface area contributed by atoms with Gasteiger partial charge in [-0.1, -0.05) is 55.5 Å². The molecule has 0 spiro atoms. The number of methoxy groups -OCH3 is 1. The number of hydrogen-bond acceptors (Lipinski definition) is 4. The largest absolute Gasteiger partial charge is 0.496 e. The third-order valence-electron chi connectivity index (χ3n) is 6.47. The lowest BCUT2D eigenvalue weighted by Crippen LogP contribution is -2.23. The van der Waals surface area contributed by atoms with Gasteiger partial charge in [0.15, 0.2) is 0 Å². The van der Waals surface area contributed by atoms with Crippen molar-refractivity contribution in [3.05, 3.63) is 107 Å². The predicted molar refractivity (Wildman–Crippen MR) is 143 cm³/mol. The first-order valence-electron chi connectivity index (χ1n) is 12.0. The van der Waals surface area contributed by atoms with Gasteiger partial charge < -0.3 is 10.1 Å². The summed E-state index contributed by atoms with van der Waals surface area (Å²) in [7, 11) is 1.63. The Hall–Kier alpha value is -4.45. The molecule has 1 amide bonds. The summed E-state index contributed by atoms with van der Waals surface area (Å²) >= 11 is 0. The summed E-state index contributed by atoms with van der Waals surface area (Å²) < 4.78 is 7.33. The van der Waals surface area contributed by atoms with Gasteiger partial charge in [-0.2, -0.15) is 5.10 Å². The Balaban J connectivity index is 1.51. The van der Waals surface area contributed by atoms with E-state index in [0.29, 0.717) is 17.8 Å². The van der Waals surface area contributed by atoms with Gasteiger partial charge in [0.25, 0.3) is 5.91 Å². The van der Waals surface area contributed by atoms with Gasteiger partial charge in [-0.15, -0.1) is 0 Å². The molecule has 5 rings (SSSR count). The molecular weight excluding hydrogens is 448 g/mol. The van der Waals surface area contributed by atoms with E-state index in [1.807, 2.05) is 72.4 Å². The number of nitrogens with one attached hydrogen (secondary N) is 1. The zero-order valence-corrected chi connectivity index (χ0v) is 20.7. The van der Waals surface area contributed by atoms with Gasteiger partial charge in [0.2, 0.25) is 0 Å². The Bertz CT molecular complexity index is 1540. The summed E-state index contributed by atoms with van der Waals surface area (Å²) in [6.07, 6.45) is 2.81. The molecule has 0 atom stereocenters. The highest BCUT2D eigenvalue weighted by Gasteiger charge is 2.17. The molecule has 36 heavy (non-hydrogen) atoms. The van der Waals surface area contributed by atoms with Crippen LogP contribution in [0, 0.1) is 6.92 Å². The van der Waals surface area contributed by atoms with Crippen LogP contribution in [0.5, 0.6) is 5.75 Å². The minimum absolute atomic E-state index is 0.166. The third kappa shape index (κ3) is 4.45. The van der Waals surface area contributed by atoms with Gasteiger partial charge in [-0.25, -0.2) is 9.67 Å². The first-order chi connectivity index (χ1) is 17.6. The van der Waals surface area contributed by atoms with E-state index in [1.54, 1.807) is 7.11 Å². The zero-order chi connectivity index (χ0) is 25.1. The smallest absolute Gasteiger partial charge is 0.252 e. The van der Waals surface area contributed by atoms with Crippen molar-refractivity contribution in [2.24, 2.45) is 0 Å². The van der Waals surface area contributed by atoms with E-state index in [2.05, 4.69) is 41.6 Å². The van der Waals surface area contributed by atoms with Crippen LogP contribution in [0.2, 0.25) is 0 Å². The molecule has 0 aliphatic rings. The molecule has 0 unspecified atom stereocenters. The first kappa shape index (κ1) is 23.3. The Morgan fingerprint density at radius 2 is 1.75 bits per heavy atom. The normalized spacial score (nSPS) is 11.0. The number of carbonyl (C=O) groups is 1. The monoisotopic (exact) mass is 476 g/mol. The Kier molecular flexibility index (Phi) is 6.50. The maximum Gasteiger partial charge on any atom is 0.252 e. The minimum Gasteiger partial charge on any atom is -0.496 e. The Labute approximate surface area is 210 Å². The molecule has 6 nitrogen and oxygen atoms in total. The number of aryl methyl sites for hydroxylation is 1. The average molecular weight is 477 g/mol. The number of carbonyl (C=O) groups excluding carboxylic acids is 1. The van der Waals surface area contributed by atoms with Crippen LogP contribution in [0.1, 0.15) is 34.1 Å². The molecule has 5 aromatic rings. The maximum atomic E-state index is 13.4. The molecule has 0 radical (unpaired) electrons. The molecule has 180 valence electrons. The van der Waals surface area contributed by atoms with Crippen molar-refractivity contribution in [2.75, 3.05) is 7.11 Å². The number of rotatable bonds is 7. The molecule has 0 saturated carbocycles. The fraction of sp³-hybridized carbons (Fsp3) is 0.167. The van der Waals surface area contributed by atoms with Gasteiger partial charge in [-0.05, 0) is 49.2 Å². The number of para-hydroxylation sites is 2. The molecule has 0 bridgehead atoms. The van der Waals surface area contributed by atoms with E-state index in [1.165, 1.54) is 5.56 Å². The summed E-state index contributed by atoms with van der Waals surface area (Å²) in [6.45, 7) is 4.52. The second-order valence-electron chi connectivity index (χ2n) is 8.64. The van der Waals surface area contributed by atoms with Gasteiger partial charge in [-0.3, -0.25) is 4.79 Å². The predicted octanol–water partition coefficient (Wildman–Crippen LogP) is 5.90. The quantitative estimate of drug-likeness (QED) is 0.318. The van der Waals surface area contributed by atoms with Crippen molar-refractivity contribution >= 4 is 16.8 Å². The summed E-state index contributed by atoms with van der Waals surface area (Å²) in [6, 6.07) is 25.6. The van der Waals surface area contributed by atoms with Crippen molar-refractivity contribution in [3.8, 4) is 22.7 Å². The molecule has 1 N–H and O–H groups in total. The highest BCUT2D eigenvalue weighted by atomic mass is 16.5. The molecule has 0 aliphatic carbocycles. The second kappa shape index (κ2) is 10.0. The molecule has 6 heteroatoms. The van der Waals surface area contributed by atoms with E-state index in [0.717, 1.165) is 45.6 Å². The molecule has 2 aromatic heterocycles. The van der Waals surface area contributed by atoms with Crippen LogP contribution in [0.15, 0.2) is 85.1 Å². The van der Waals surface area contributed by atoms with Crippen LogP contribution in [-0.2, 0) is 13.0 Å². The lowest BCUT2D eigenvalue weighted by atomic mass is 10.0. The van der Waals surface area contributed by atoms with Crippen molar-refractivity contribution in [1.29, 1.82) is 0 Å². The van der Waals surface area contributed by atoms with Gasteiger partial charge in [0.05, 0.1) is 41.5 Å². The number of benzene rings is 3. The maximum absolute atomic E-state index is 13.4. The van der Waals surface area contributed by atoms with Crippen molar-refractivity contribution < 1.29 is 9.53 Å². The molecule has 0 fully saturated rings. The van der Waals surface area contributed by atoms with Gasteiger partial charge in [0, 0.05) is 23.1 Å². The highest BCUT2D eigenvalue weighted by molar-refractivity contribution is 6.07. The third-order valence-corrected chi connectivity index (χ3v) is 6.47. The highest BCUT2D eigenvalue weighted by Crippen LogP contribution is 2.28. The van der Waals surface area contributed by atoms with Crippen molar-refractivity contribution in [3.63, 3.8) is 0 Å². The molecule has 3 aromatic carbocycles. The minimum atomic E-state index is -0.166. The Morgan fingerprint density at radius 3 is 2.53 bits per heavy atom. The molecule has 0 aliphatic heterocycles. The topological polar surface area (TPSA) is 69.0 Å². The van der Waals surface area contributed by atoms with Crippen LogP contribution in [0.4, 0.5) is 0 Å². The van der Waals surface area contributed by atoms with Gasteiger partial charge in [0.1, 0.15) is 5.75 Å². The SMILES string of the molecule is CCc1ccc(-n2ncc(-c3cc(C(=O)NCc4ccccc4OC)c4ccccc4n3)c2C)cc1. The van der Waals surface area contributed by atoms with E-state index in [-0.39, 0.29) is 5.91 Å². The van der Waals surface area contributed by atoms with E-state index in [9.17, 15) is 4.79 Å². The molecule has 2 heterocycles. The fourth-order valence-electron chi connectivity index (χ4n) is 4.42. The first-order valence-corrected chi connectivity index (χ1v) is 12.0. The summed E-state index contributed by atoms with van der Waals surface area (Å²) in [5.74, 6) is 0.578. The lowest BCUT2D eigenvalue weighted by molar-refractivity contribution is 0.0952. The number of fused-ring (bicyclic) bond motifs is 1. The molecular formula is C30H28N4O2. The summed E-state index contributed by atoms with van der Waals surface area (Å²) in [5, 5.41) is 8.48. The fourth-order valence-corrected chi connectivity index (χ4v) is 4.42. The number of aromatic nitrogens is 3.